The summed E-state index contributed by atoms with van der Waals surface area (Å²) in [5.74, 6) is -0.630. The van der Waals surface area contributed by atoms with Crippen LogP contribution >= 0.6 is 0 Å². The molecule has 0 aromatic heterocycles. The van der Waals surface area contributed by atoms with Gasteiger partial charge in [0, 0.05) is 6.42 Å². The highest BCUT2D eigenvalue weighted by Gasteiger charge is 2.26. The lowest BCUT2D eigenvalue weighted by Crippen LogP contribution is -2.39. The Morgan fingerprint density at radius 1 is 1.10 bits per heavy atom. The van der Waals surface area contributed by atoms with Crippen LogP contribution in [0.4, 0.5) is 0 Å². The number of aliphatic hydroxyl groups excluding tert-OH is 4. The molecule has 0 spiro atoms. The van der Waals surface area contributed by atoms with Crippen LogP contribution in [0.15, 0.2) is 24.3 Å². The van der Waals surface area contributed by atoms with Gasteiger partial charge in [-0.25, -0.2) is 0 Å². The number of methoxy groups -OCH3 is 1. The van der Waals surface area contributed by atoms with Crippen molar-refractivity contribution in [1.82, 2.24) is 0 Å². The summed E-state index contributed by atoms with van der Waals surface area (Å²) in [7, 11) is 1.18. The molecule has 0 aliphatic heterocycles. The first kappa shape index (κ1) is 19.5. The summed E-state index contributed by atoms with van der Waals surface area (Å²) in [6.07, 6.45) is 0.627. The summed E-state index contributed by atoms with van der Waals surface area (Å²) in [6.45, 7) is 0. The molecule has 0 heterocycles. The van der Waals surface area contributed by atoms with E-state index in [0.717, 1.165) is 0 Å². The van der Waals surface area contributed by atoms with Crippen molar-refractivity contribution in [2.45, 2.75) is 43.7 Å². The molecule has 0 radical (unpaired) electrons. The van der Waals surface area contributed by atoms with Gasteiger partial charge < -0.3 is 25.2 Å². The zero-order valence-corrected chi connectivity index (χ0v) is 11.8. The number of hydrogen-bond acceptors (Lipinski definition) is 7. The second-order valence-electron chi connectivity index (χ2n) is 4.48. The van der Waals surface area contributed by atoms with Crippen molar-refractivity contribution in [3.63, 3.8) is 0 Å². The molecule has 0 aliphatic rings. The third-order valence-corrected chi connectivity index (χ3v) is 2.75. The fourth-order valence-electron chi connectivity index (χ4n) is 1.58. The van der Waals surface area contributed by atoms with E-state index in [-0.39, 0.29) is 19.3 Å². The Kier molecular flexibility index (Phi) is 10.3. The van der Waals surface area contributed by atoms with Crippen LogP contribution in [0.25, 0.3) is 0 Å². The topological polar surface area (TPSA) is 124 Å². The summed E-state index contributed by atoms with van der Waals surface area (Å²) < 4.78 is 4.36. The number of allylic oxidation sites excluding steroid dienone is 3. The molecule has 4 N–H and O–H groups in total. The molecule has 0 fully saturated rings. The highest BCUT2D eigenvalue weighted by Crippen LogP contribution is 2.12. The van der Waals surface area contributed by atoms with E-state index in [1.807, 2.05) is 0 Å². The fourth-order valence-corrected chi connectivity index (χ4v) is 1.58. The van der Waals surface area contributed by atoms with Gasteiger partial charge in [-0.1, -0.05) is 18.2 Å². The van der Waals surface area contributed by atoms with Crippen LogP contribution in [0.2, 0.25) is 0 Å². The highest BCUT2D eigenvalue weighted by molar-refractivity contribution is 5.69. The number of carbonyl (C=O) groups excluding carboxylic acids is 2. The lowest BCUT2D eigenvalue weighted by molar-refractivity contribution is -0.143. The smallest absolute Gasteiger partial charge is 0.308 e. The number of aliphatic hydroxyl groups is 4. The van der Waals surface area contributed by atoms with E-state index in [1.54, 1.807) is 0 Å². The van der Waals surface area contributed by atoms with Gasteiger partial charge in [0.25, 0.3) is 0 Å². The molecule has 0 amide bonds. The Morgan fingerprint density at radius 3 is 2.33 bits per heavy atom. The van der Waals surface area contributed by atoms with Gasteiger partial charge >= 0.3 is 5.97 Å². The lowest BCUT2D eigenvalue weighted by atomic mass is 9.99. The number of esters is 1. The molecule has 4 atom stereocenters. The number of hydrogen-bond donors (Lipinski definition) is 4. The van der Waals surface area contributed by atoms with Crippen molar-refractivity contribution in [3.8, 4) is 0 Å². The zero-order chi connectivity index (χ0) is 16.3. The monoisotopic (exact) mass is 302 g/mol. The van der Waals surface area contributed by atoms with Crippen molar-refractivity contribution in [3.05, 3.63) is 24.3 Å². The van der Waals surface area contributed by atoms with E-state index in [4.69, 9.17) is 0 Å². The van der Waals surface area contributed by atoms with Gasteiger partial charge in [-0.15, -0.1) is 0 Å². The quantitative estimate of drug-likeness (QED) is 0.178. The molecule has 7 heteroatoms. The Hall–Kier alpha value is -1.54. The van der Waals surface area contributed by atoms with E-state index >= 15 is 0 Å². The van der Waals surface area contributed by atoms with Gasteiger partial charge in [-0.2, -0.15) is 0 Å². The molecule has 0 aliphatic carbocycles. The van der Waals surface area contributed by atoms with E-state index in [9.17, 15) is 30.0 Å². The second kappa shape index (κ2) is 11.2. The van der Waals surface area contributed by atoms with E-state index in [1.165, 1.54) is 31.4 Å². The molecule has 7 nitrogen and oxygen atoms in total. The number of carbonyl (C=O) groups is 2. The first-order valence-corrected chi connectivity index (χ1v) is 6.48. The maximum atomic E-state index is 10.9. The van der Waals surface area contributed by atoms with Gasteiger partial charge in [-0.05, 0) is 12.5 Å². The van der Waals surface area contributed by atoms with Crippen LogP contribution in [-0.4, -0.2) is 64.2 Å². The summed E-state index contributed by atoms with van der Waals surface area (Å²) in [4.78, 5) is 20.9. The number of rotatable bonds is 10. The zero-order valence-electron chi connectivity index (χ0n) is 11.8. The minimum absolute atomic E-state index is 0.0640. The van der Waals surface area contributed by atoms with Crippen LogP contribution in [0.3, 0.4) is 0 Å². The molecule has 0 rings (SSSR count). The summed E-state index contributed by atoms with van der Waals surface area (Å²) >= 11 is 0. The summed E-state index contributed by atoms with van der Waals surface area (Å²) in [5.41, 5.74) is 0. The van der Waals surface area contributed by atoms with E-state index in [2.05, 4.69) is 4.74 Å². The van der Waals surface area contributed by atoms with Crippen molar-refractivity contribution in [1.29, 1.82) is 0 Å². The summed E-state index contributed by atoms with van der Waals surface area (Å²) in [5, 5.41) is 38.5. The van der Waals surface area contributed by atoms with Gasteiger partial charge in [0.2, 0.25) is 0 Å². The molecule has 0 aromatic carbocycles. The largest absolute Gasteiger partial charge is 0.469 e. The van der Waals surface area contributed by atoms with Gasteiger partial charge in [0.05, 0.1) is 31.8 Å². The maximum absolute atomic E-state index is 10.9. The second-order valence-corrected chi connectivity index (χ2v) is 4.48. The Balaban J connectivity index is 4.19. The molecule has 0 saturated carbocycles. The predicted molar refractivity (Wildman–Crippen MR) is 74.2 cm³/mol. The van der Waals surface area contributed by atoms with Crippen molar-refractivity contribution in [2.75, 3.05) is 7.11 Å². The molecule has 0 bridgehead atoms. The molecule has 1 unspecified atom stereocenters. The van der Waals surface area contributed by atoms with Crippen LogP contribution in [-0.2, 0) is 14.3 Å². The fraction of sp³-hybridized carbons (Fsp3) is 0.571. The minimum Gasteiger partial charge on any atom is -0.469 e. The van der Waals surface area contributed by atoms with Gasteiger partial charge in [0.1, 0.15) is 12.4 Å². The average Bonchev–Trinajstić information content (AvgIpc) is 2.45. The third kappa shape index (κ3) is 9.09. The molecular formula is C14H22O7. The van der Waals surface area contributed by atoms with Crippen molar-refractivity contribution >= 4 is 12.3 Å². The molecule has 120 valence electrons. The minimum atomic E-state index is -1.46. The van der Waals surface area contributed by atoms with Gasteiger partial charge in [0.15, 0.2) is 0 Å². The number of aldehydes is 1. The first-order chi connectivity index (χ1) is 9.92. The average molecular weight is 302 g/mol. The van der Waals surface area contributed by atoms with Crippen LogP contribution in [0.5, 0.6) is 0 Å². The van der Waals surface area contributed by atoms with Crippen LogP contribution in [0.1, 0.15) is 19.3 Å². The van der Waals surface area contributed by atoms with Crippen LogP contribution < -0.4 is 0 Å². The highest BCUT2D eigenvalue weighted by atomic mass is 16.5. The normalized spacial score (nSPS) is 17.6. The SMILES string of the molecule is COC(=O)CC(O)C[C@@H](O)[C@H](O)[C@@H](O)C/C=C/C=C/C=O. The standard InChI is InChI=1S/C14H22O7/c1-21-13(19)9-10(16)8-12(18)14(20)11(17)6-4-2-3-5-7-15/h2-5,7,10-12,14,16-18,20H,6,8-9H2,1H3/b4-2+,5-3+/t10?,11-,12+,14+/m0/s1. The van der Waals surface area contributed by atoms with Crippen LogP contribution in [0, 0.1) is 0 Å². The Morgan fingerprint density at radius 2 is 1.76 bits per heavy atom. The number of ether oxygens (including phenoxy) is 1. The Labute approximate surface area is 123 Å². The molecule has 0 saturated heterocycles. The molecular weight excluding hydrogens is 280 g/mol. The van der Waals surface area contributed by atoms with Crippen molar-refractivity contribution < 1.29 is 34.8 Å². The lowest BCUT2D eigenvalue weighted by Gasteiger charge is -2.23. The maximum Gasteiger partial charge on any atom is 0.308 e. The first-order valence-electron chi connectivity index (χ1n) is 6.48. The van der Waals surface area contributed by atoms with Gasteiger partial charge in [-0.3, -0.25) is 9.59 Å². The molecule has 0 aromatic rings. The van der Waals surface area contributed by atoms with E-state index < -0.39 is 30.4 Å². The Bertz CT molecular complexity index is 364. The predicted octanol–water partition coefficient (Wildman–Crippen LogP) is -0.915. The summed E-state index contributed by atoms with van der Waals surface area (Å²) in [6, 6.07) is 0. The van der Waals surface area contributed by atoms with E-state index in [0.29, 0.717) is 6.29 Å². The van der Waals surface area contributed by atoms with Crippen molar-refractivity contribution in [2.24, 2.45) is 0 Å². The molecule has 21 heavy (non-hydrogen) atoms. The third-order valence-electron chi connectivity index (χ3n) is 2.75.